The van der Waals surface area contributed by atoms with E-state index in [1.807, 2.05) is 6.07 Å². The van der Waals surface area contributed by atoms with Crippen LogP contribution in [0.5, 0.6) is 0 Å². The molecule has 0 heterocycles. The number of hydrogen-bond donors (Lipinski definition) is 1. The number of ether oxygens (including phenoxy) is 1. The molecule has 1 atom stereocenters. The van der Waals surface area contributed by atoms with Crippen molar-refractivity contribution < 1.29 is 14.3 Å². The Morgan fingerprint density at radius 2 is 2.10 bits per heavy atom. The Kier molecular flexibility index (Phi) is 7.27. The van der Waals surface area contributed by atoms with Gasteiger partial charge in [-0.15, -0.1) is 0 Å². The van der Waals surface area contributed by atoms with Crippen LogP contribution < -0.4 is 5.32 Å². The molecule has 0 spiro atoms. The number of hydrogen-bond acceptors (Lipinski definition) is 4. The number of methoxy groups -OCH3 is 1. The first-order valence-corrected chi connectivity index (χ1v) is 6.98. The van der Waals surface area contributed by atoms with Crippen molar-refractivity contribution in [2.75, 3.05) is 7.11 Å². The lowest BCUT2D eigenvalue weighted by molar-refractivity contribution is -0.143. The minimum atomic E-state index is -0.738. The second-order valence-electron chi connectivity index (χ2n) is 4.43. The van der Waals surface area contributed by atoms with Gasteiger partial charge in [0.25, 0.3) is 5.91 Å². The SMILES string of the molecule is COC(=O)[C@@H](CCCCC#N)NC(=O)c1ccccc1Cl. The highest BCUT2D eigenvalue weighted by Gasteiger charge is 2.22. The third-order valence-corrected chi connectivity index (χ3v) is 3.27. The first kappa shape index (κ1) is 17.0. The van der Waals surface area contributed by atoms with Gasteiger partial charge < -0.3 is 10.1 Å². The Labute approximate surface area is 128 Å². The molecular weight excluding hydrogens is 292 g/mol. The highest BCUT2D eigenvalue weighted by molar-refractivity contribution is 6.33. The number of benzene rings is 1. The van der Waals surface area contributed by atoms with Crippen molar-refractivity contribution in [3.8, 4) is 6.07 Å². The average Bonchev–Trinajstić information content (AvgIpc) is 2.49. The molecule has 0 aromatic heterocycles. The van der Waals surface area contributed by atoms with Crippen LogP contribution in [0.3, 0.4) is 0 Å². The molecule has 21 heavy (non-hydrogen) atoms. The Balaban J connectivity index is 2.68. The monoisotopic (exact) mass is 308 g/mol. The number of rotatable bonds is 7. The van der Waals surface area contributed by atoms with Crippen LogP contribution in [-0.2, 0) is 9.53 Å². The summed E-state index contributed by atoms with van der Waals surface area (Å²) in [4.78, 5) is 23.8. The number of nitrogens with one attached hydrogen (secondary N) is 1. The zero-order valence-corrected chi connectivity index (χ0v) is 12.5. The van der Waals surface area contributed by atoms with E-state index in [1.54, 1.807) is 24.3 Å². The van der Waals surface area contributed by atoms with Crippen molar-refractivity contribution in [1.29, 1.82) is 5.26 Å². The molecule has 0 saturated carbocycles. The van der Waals surface area contributed by atoms with Crippen LogP contribution in [0.15, 0.2) is 24.3 Å². The maximum Gasteiger partial charge on any atom is 0.328 e. The summed E-state index contributed by atoms with van der Waals surface area (Å²) in [6.07, 6.45) is 2.17. The van der Waals surface area contributed by atoms with Crippen LogP contribution in [0.25, 0.3) is 0 Å². The summed E-state index contributed by atoms with van der Waals surface area (Å²) < 4.78 is 4.68. The molecule has 0 radical (unpaired) electrons. The number of nitrogens with zero attached hydrogens (tertiary/aromatic N) is 1. The fourth-order valence-corrected chi connectivity index (χ4v) is 2.05. The van der Waals surface area contributed by atoms with Gasteiger partial charge in [-0.1, -0.05) is 23.7 Å². The highest BCUT2D eigenvalue weighted by atomic mass is 35.5. The number of carbonyl (C=O) groups is 2. The van der Waals surface area contributed by atoms with E-state index in [0.717, 1.165) is 0 Å². The number of unbranched alkanes of at least 4 members (excludes halogenated alkanes) is 2. The molecule has 1 aromatic rings. The van der Waals surface area contributed by atoms with E-state index in [4.69, 9.17) is 16.9 Å². The van der Waals surface area contributed by atoms with Crippen LogP contribution in [-0.4, -0.2) is 25.0 Å². The van der Waals surface area contributed by atoms with Crippen LogP contribution in [0.2, 0.25) is 5.02 Å². The largest absolute Gasteiger partial charge is 0.467 e. The Hall–Kier alpha value is -2.06. The van der Waals surface area contributed by atoms with E-state index in [-0.39, 0.29) is 0 Å². The molecule has 6 heteroatoms. The molecule has 1 amide bonds. The summed E-state index contributed by atoms with van der Waals surface area (Å²) in [5.41, 5.74) is 0.310. The van der Waals surface area contributed by atoms with Crippen molar-refractivity contribution >= 4 is 23.5 Å². The smallest absolute Gasteiger partial charge is 0.328 e. The summed E-state index contributed by atoms with van der Waals surface area (Å²) in [5.74, 6) is -0.927. The standard InChI is InChI=1S/C15H17ClN2O3/c1-21-15(20)13(9-3-2-6-10-17)18-14(19)11-7-4-5-8-12(11)16/h4-5,7-8,13H,2-3,6,9H2,1H3,(H,18,19)/t13-/m1/s1. The van der Waals surface area contributed by atoms with Crippen LogP contribution >= 0.6 is 11.6 Å². The fraction of sp³-hybridized carbons (Fsp3) is 0.400. The maximum absolute atomic E-state index is 12.1. The topological polar surface area (TPSA) is 79.2 Å². The molecule has 1 aromatic carbocycles. The second-order valence-corrected chi connectivity index (χ2v) is 4.84. The van der Waals surface area contributed by atoms with Crippen molar-refractivity contribution in [1.82, 2.24) is 5.32 Å². The van der Waals surface area contributed by atoms with E-state index in [2.05, 4.69) is 10.1 Å². The average molecular weight is 309 g/mol. The first-order chi connectivity index (χ1) is 10.1. The predicted octanol–water partition coefficient (Wildman–Crippen LogP) is 2.70. The van der Waals surface area contributed by atoms with Gasteiger partial charge in [0, 0.05) is 6.42 Å². The van der Waals surface area contributed by atoms with E-state index in [9.17, 15) is 9.59 Å². The lowest BCUT2D eigenvalue weighted by Gasteiger charge is -2.16. The number of halogens is 1. The van der Waals surface area contributed by atoms with Gasteiger partial charge in [0.1, 0.15) is 6.04 Å². The molecule has 0 aliphatic rings. The third-order valence-electron chi connectivity index (χ3n) is 2.94. The van der Waals surface area contributed by atoms with Gasteiger partial charge in [0.15, 0.2) is 0 Å². The van der Waals surface area contributed by atoms with Gasteiger partial charge in [-0.2, -0.15) is 5.26 Å². The number of amides is 1. The zero-order valence-electron chi connectivity index (χ0n) is 11.8. The highest BCUT2D eigenvalue weighted by Crippen LogP contribution is 2.15. The summed E-state index contributed by atoms with van der Waals surface area (Å²) >= 11 is 5.95. The van der Waals surface area contributed by atoms with Gasteiger partial charge in [0.05, 0.1) is 23.8 Å². The van der Waals surface area contributed by atoms with Gasteiger partial charge in [0.2, 0.25) is 0 Å². The fourth-order valence-electron chi connectivity index (χ4n) is 1.83. The minimum Gasteiger partial charge on any atom is -0.467 e. The lowest BCUT2D eigenvalue weighted by atomic mass is 10.1. The van der Waals surface area contributed by atoms with Crippen molar-refractivity contribution in [3.63, 3.8) is 0 Å². The molecule has 112 valence electrons. The molecule has 0 aliphatic heterocycles. The van der Waals surface area contributed by atoms with Gasteiger partial charge in [-0.05, 0) is 31.4 Å². The Bertz CT molecular complexity index is 540. The van der Waals surface area contributed by atoms with Gasteiger partial charge in [-0.3, -0.25) is 4.79 Å². The molecule has 0 aliphatic carbocycles. The van der Waals surface area contributed by atoms with Crippen LogP contribution in [0.4, 0.5) is 0 Å². The Morgan fingerprint density at radius 3 is 2.71 bits per heavy atom. The summed E-state index contributed by atoms with van der Waals surface area (Å²) in [6.45, 7) is 0. The molecule has 0 fully saturated rings. The molecular formula is C15H17ClN2O3. The number of nitriles is 1. The van der Waals surface area contributed by atoms with Crippen LogP contribution in [0.1, 0.15) is 36.0 Å². The van der Waals surface area contributed by atoms with E-state index < -0.39 is 17.9 Å². The summed E-state index contributed by atoms with van der Waals surface area (Å²) in [5, 5.41) is 11.4. The zero-order chi connectivity index (χ0) is 15.7. The first-order valence-electron chi connectivity index (χ1n) is 6.60. The number of esters is 1. The second kappa shape index (κ2) is 8.98. The molecule has 1 N–H and O–H groups in total. The maximum atomic E-state index is 12.1. The minimum absolute atomic E-state index is 0.310. The normalized spacial score (nSPS) is 11.3. The van der Waals surface area contributed by atoms with Crippen LogP contribution in [0, 0.1) is 11.3 Å². The van der Waals surface area contributed by atoms with Gasteiger partial charge in [-0.25, -0.2) is 4.79 Å². The molecule has 0 saturated heterocycles. The van der Waals surface area contributed by atoms with Gasteiger partial charge >= 0.3 is 5.97 Å². The third kappa shape index (κ3) is 5.44. The lowest BCUT2D eigenvalue weighted by Crippen LogP contribution is -2.41. The number of carbonyl (C=O) groups excluding carboxylic acids is 2. The molecule has 0 bridgehead atoms. The van der Waals surface area contributed by atoms with E-state index in [1.165, 1.54) is 7.11 Å². The van der Waals surface area contributed by atoms with E-state index >= 15 is 0 Å². The van der Waals surface area contributed by atoms with Crippen molar-refractivity contribution in [2.24, 2.45) is 0 Å². The van der Waals surface area contributed by atoms with E-state index in [0.29, 0.717) is 36.3 Å². The molecule has 1 rings (SSSR count). The predicted molar refractivity (Wildman–Crippen MR) is 78.8 cm³/mol. The Morgan fingerprint density at radius 1 is 1.38 bits per heavy atom. The van der Waals surface area contributed by atoms with Crippen molar-refractivity contribution in [3.05, 3.63) is 34.9 Å². The van der Waals surface area contributed by atoms with Crippen molar-refractivity contribution in [2.45, 2.75) is 31.7 Å². The molecule has 5 nitrogen and oxygen atoms in total. The quantitative estimate of drug-likeness (QED) is 0.620. The summed E-state index contributed by atoms with van der Waals surface area (Å²) in [7, 11) is 1.27. The summed E-state index contributed by atoms with van der Waals surface area (Å²) in [6, 6.07) is 7.91. The molecule has 0 unspecified atom stereocenters.